The van der Waals surface area contributed by atoms with Gasteiger partial charge < -0.3 is 0 Å². The fourth-order valence-electron chi connectivity index (χ4n) is 2.26. The molecule has 2 heterocycles. The Balaban J connectivity index is 1.68. The van der Waals surface area contributed by atoms with E-state index in [-0.39, 0.29) is 11.9 Å². The number of rotatable bonds is 4. The largest absolute Gasteiger partial charge is 0.288 e. The van der Waals surface area contributed by atoms with Crippen LogP contribution >= 0.6 is 0 Å². The monoisotopic (exact) mass is 310 g/mol. The van der Waals surface area contributed by atoms with Crippen molar-refractivity contribution in [3.05, 3.63) is 59.2 Å². The lowest BCUT2D eigenvalue weighted by Gasteiger charge is -2.02. The Kier molecular flexibility index (Phi) is 3.92. The van der Waals surface area contributed by atoms with Crippen molar-refractivity contribution in [2.75, 3.05) is 5.32 Å². The number of carbonyl (C=O) groups excluding carboxylic acids is 1. The molecule has 23 heavy (non-hydrogen) atoms. The number of hydrogen-bond acceptors (Lipinski definition) is 4. The number of aromatic nitrogens is 5. The van der Waals surface area contributed by atoms with E-state index in [2.05, 4.69) is 26.6 Å². The van der Waals surface area contributed by atoms with Crippen molar-refractivity contribution in [1.29, 1.82) is 0 Å². The maximum absolute atomic E-state index is 12.1. The molecule has 0 aliphatic carbocycles. The Bertz CT molecular complexity index is 828. The highest BCUT2D eigenvalue weighted by Gasteiger charge is 2.13. The van der Waals surface area contributed by atoms with Gasteiger partial charge in [0.15, 0.2) is 5.69 Å². The molecule has 0 fully saturated rings. The molecular weight excluding hydrogens is 292 g/mol. The van der Waals surface area contributed by atoms with Crippen molar-refractivity contribution in [1.82, 2.24) is 24.5 Å². The molecule has 0 spiro atoms. The smallest absolute Gasteiger partial charge is 0.278 e. The molecule has 3 aromatic rings. The molecular formula is C16H18N6O. The zero-order valence-electron chi connectivity index (χ0n) is 13.3. The highest BCUT2D eigenvalue weighted by atomic mass is 16.2. The van der Waals surface area contributed by atoms with Gasteiger partial charge in [-0.3, -0.25) is 14.8 Å². The van der Waals surface area contributed by atoms with Gasteiger partial charge in [0, 0.05) is 12.7 Å². The summed E-state index contributed by atoms with van der Waals surface area (Å²) < 4.78 is 3.34. The average Bonchev–Trinajstić information content (AvgIpc) is 3.06. The van der Waals surface area contributed by atoms with Crippen LogP contribution in [0, 0.1) is 13.8 Å². The Morgan fingerprint density at radius 3 is 2.74 bits per heavy atom. The first-order valence-corrected chi connectivity index (χ1v) is 7.28. The molecule has 7 heteroatoms. The van der Waals surface area contributed by atoms with Crippen LogP contribution in [0.15, 0.2) is 36.7 Å². The summed E-state index contributed by atoms with van der Waals surface area (Å²) in [5, 5.41) is 11.1. The van der Waals surface area contributed by atoms with E-state index in [1.54, 1.807) is 28.8 Å². The Labute approximate surface area is 134 Å². The molecule has 0 aliphatic rings. The number of benzene rings is 1. The number of carbonyl (C=O) groups is 1. The summed E-state index contributed by atoms with van der Waals surface area (Å²) in [5.74, 6) is -0.0482. The molecule has 0 atom stereocenters. The van der Waals surface area contributed by atoms with Crippen LogP contribution in [0.5, 0.6) is 0 Å². The van der Waals surface area contributed by atoms with Crippen LogP contribution in [0.4, 0.5) is 5.95 Å². The van der Waals surface area contributed by atoms with Gasteiger partial charge in [-0.15, -0.1) is 5.10 Å². The summed E-state index contributed by atoms with van der Waals surface area (Å²) in [6.07, 6.45) is 1.60. The lowest BCUT2D eigenvalue weighted by Crippen LogP contribution is -2.14. The predicted molar refractivity (Wildman–Crippen MR) is 86.2 cm³/mol. The van der Waals surface area contributed by atoms with Gasteiger partial charge in [-0.2, -0.15) is 5.10 Å². The predicted octanol–water partition coefficient (Wildman–Crippen LogP) is 1.93. The number of amides is 1. The molecule has 2 aromatic heterocycles. The van der Waals surface area contributed by atoms with Gasteiger partial charge in [0.05, 0.1) is 6.54 Å². The van der Waals surface area contributed by atoms with Gasteiger partial charge in [-0.25, -0.2) is 9.67 Å². The van der Waals surface area contributed by atoms with Crippen molar-refractivity contribution in [3.8, 4) is 0 Å². The molecule has 1 amide bonds. The standard InChI is InChI=1S/C16H18N6O/c1-11-5-4-6-13(7-11)9-22-10-17-16(20-22)18-15(23)14-8-12(2)21(3)19-14/h4-8,10H,9H2,1-3H3,(H,18,20,23). The SMILES string of the molecule is Cc1cccc(Cn2cnc(NC(=O)c3cc(C)n(C)n3)n2)c1. The Morgan fingerprint density at radius 2 is 2.04 bits per heavy atom. The van der Waals surface area contributed by atoms with Crippen molar-refractivity contribution in [2.45, 2.75) is 20.4 Å². The van der Waals surface area contributed by atoms with Crippen LogP contribution in [0.2, 0.25) is 0 Å². The van der Waals surface area contributed by atoms with Crippen LogP contribution in [-0.2, 0) is 13.6 Å². The van der Waals surface area contributed by atoms with Crippen molar-refractivity contribution >= 4 is 11.9 Å². The van der Waals surface area contributed by atoms with Crippen molar-refractivity contribution in [2.24, 2.45) is 7.05 Å². The lowest BCUT2D eigenvalue weighted by molar-refractivity contribution is 0.102. The minimum absolute atomic E-state index is 0.269. The molecule has 0 saturated heterocycles. The highest BCUT2D eigenvalue weighted by molar-refractivity contribution is 6.01. The molecule has 1 N–H and O–H groups in total. The summed E-state index contributed by atoms with van der Waals surface area (Å²) in [6.45, 7) is 4.54. The molecule has 0 bridgehead atoms. The Morgan fingerprint density at radius 1 is 1.22 bits per heavy atom. The second-order valence-electron chi connectivity index (χ2n) is 5.50. The fourth-order valence-corrected chi connectivity index (χ4v) is 2.26. The third-order valence-electron chi connectivity index (χ3n) is 3.54. The number of aryl methyl sites for hydroxylation is 3. The molecule has 0 aliphatic heterocycles. The fraction of sp³-hybridized carbons (Fsp3) is 0.250. The summed E-state index contributed by atoms with van der Waals surface area (Å²) >= 11 is 0. The van der Waals surface area contributed by atoms with Crippen LogP contribution in [0.25, 0.3) is 0 Å². The second kappa shape index (κ2) is 6.04. The van der Waals surface area contributed by atoms with Crippen LogP contribution in [-0.4, -0.2) is 30.5 Å². The van der Waals surface area contributed by atoms with E-state index < -0.39 is 0 Å². The molecule has 7 nitrogen and oxygen atoms in total. The second-order valence-corrected chi connectivity index (χ2v) is 5.50. The number of nitrogens with zero attached hydrogens (tertiary/aromatic N) is 5. The molecule has 0 radical (unpaired) electrons. The molecule has 118 valence electrons. The number of hydrogen-bond donors (Lipinski definition) is 1. The minimum atomic E-state index is -0.318. The van der Waals surface area contributed by atoms with E-state index in [9.17, 15) is 4.79 Å². The molecule has 3 rings (SSSR count). The summed E-state index contributed by atoms with van der Waals surface area (Å²) in [4.78, 5) is 16.2. The van der Waals surface area contributed by atoms with E-state index >= 15 is 0 Å². The normalized spacial score (nSPS) is 10.7. The number of nitrogens with one attached hydrogen (secondary N) is 1. The zero-order valence-corrected chi connectivity index (χ0v) is 13.3. The summed E-state index contributed by atoms with van der Waals surface area (Å²) in [7, 11) is 1.79. The van der Waals surface area contributed by atoms with E-state index in [0.717, 1.165) is 11.3 Å². The minimum Gasteiger partial charge on any atom is -0.288 e. The lowest BCUT2D eigenvalue weighted by atomic mass is 10.1. The Hall–Kier alpha value is -2.96. The van der Waals surface area contributed by atoms with Gasteiger partial charge in [0.2, 0.25) is 5.95 Å². The van der Waals surface area contributed by atoms with Crippen LogP contribution in [0.3, 0.4) is 0 Å². The van der Waals surface area contributed by atoms with Gasteiger partial charge in [-0.1, -0.05) is 29.8 Å². The average molecular weight is 310 g/mol. The van der Waals surface area contributed by atoms with Crippen LogP contribution in [0.1, 0.15) is 27.3 Å². The molecule has 0 saturated carbocycles. The third-order valence-corrected chi connectivity index (χ3v) is 3.54. The van der Waals surface area contributed by atoms with Gasteiger partial charge >= 0.3 is 0 Å². The maximum Gasteiger partial charge on any atom is 0.278 e. The first-order chi connectivity index (χ1) is 11.0. The van der Waals surface area contributed by atoms with Gasteiger partial charge in [0.25, 0.3) is 5.91 Å². The zero-order chi connectivity index (χ0) is 16.4. The molecule has 0 unspecified atom stereocenters. The van der Waals surface area contributed by atoms with E-state index in [1.807, 2.05) is 32.0 Å². The number of anilines is 1. The first kappa shape index (κ1) is 15.0. The van der Waals surface area contributed by atoms with Gasteiger partial charge in [-0.05, 0) is 25.5 Å². The molecule has 1 aromatic carbocycles. The van der Waals surface area contributed by atoms with E-state index in [1.165, 1.54) is 5.56 Å². The van der Waals surface area contributed by atoms with Gasteiger partial charge in [0.1, 0.15) is 6.33 Å². The summed E-state index contributed by atoms with van der Waals surface area (Å²) in [6, 6.07) is 9.90. The topological polar surface area (TPSA) is 77.6 Å². The maximum atomic E-state index is 12.1. The van der Waals surface area contributed by atoms with E-state index in [4.69, 9.17) is 0 Å². The van der Waals surface area contributed by atoms with Crippen molar-refractivity contribution in [3.63, 3.8) is 0 Å². The first-order valence-electron chi connectivity index (χ1n) is 7.28. The van der Waals surface area contributed by atoms with Crippen molar-refractivity contribution < 1.29 is 4.79 Å². The third kappa shape index (κ3) is 3.45. The van der Waals surface area contributed by atoms with E-state index in [0.29, 0.717) is 12.2 Å². The summed E-state index contributed by atoms with van der Waals surface area (Å²) in [5.41, 5.74) is 3.59. The van der Waals surface area contributed by atoms with Crippen LogP contribution < -0.4 is 5.32 Å². The quantitative estimate of drug-likeness (QED) is 0.798. The highest BCUT2D eigenvalue weighted by Crippen LogP contribution is 2.08.